The number of hydrogen-bond acceptors (Lipinski definition) is 5. The molecule has 0 aromatic rings. The van der Waals surface area contributed by atoms with Gasteiger partial charge >= 0.3 is 29.6 Å². The summed E-state index contributed by atoms with van der Waals surface area (Å²) in [5, 5.41) is 0. The molecule has 0 saturated carbocycles. The molecule has 66 valence electrons. The molecule has 0 N–H and O–H groups in total. The molecule has 1 rings (SSSR count). The first-order valence-electron chi connectivity index (χ1n) is 3.30. The van der Waals surface area contributed by atoms with Gasteiger partial charge in [0.15, 0.2) is 0 Å². The van der Waals surface area contributed by atoms with Gasteiger partial charge in [-0.1, -0.05) is 0 Å². The number of hydrogen-bond donors (Lipinski definition) is 0. The van der Waals surface area contributed by atoms with E-state index in [0.717, 1.165) is 12.8 Å². The van der Waals surface area contributed by atoms with Gasteiger partial charge in [-0.05, 0) is 24.0 Å². The van der Waals surface area contributed by atoms with Crippen LogP contribution in [0, 0.1) is 0 Å². The zero-order valence-electron chi connectivity index (χ0n) is 6.86. The van der Waals surface area contributed by atoms with Crippen LogP contribution in [-0.2, 0) is 29.2 Å². The Balaban J connectivity index is 0.00000121. The zero-order chi connectivity index (χ0) is 8.32. The van der Waals surface area contributed by atoms with E-state index in [4.69, 9.17) is 4.74 Å². The van der Waals surface area contributed by atoms with Crippen LogP contribution in [0.1, 0.15) is 12.8 Å². The Morgan fingerprint density at radius 3 is 2.83 bits per heavy atom. The first-order chi connectivity index (χ1) is 5.08. The van der Waals surface area contributed by atoms with Gasteiger partial charge in [0.2, 0.25) is 0 Å². The van der Waals surface area contributed by atoms with Gasteiger partial charge in [0.1, 0.15) is 0 Å². The Bertz CT molecular complexity index is 209. The predicted molar refractivity (Wildman–Crippen MR) is 41.2 cm³/mol. The van der Waals surface area contributed by atoms with Gasteiger partial charge in [-0.3, -0.25) is 4.18 Å². The van der Waals surface area contributed by atoms with E-state index in [1.807, 2.05) is 0 Å². The summed E-state index contributed by atoms with van der Waals surface area (Å²) in [4.78, 5) is 0. The van der Waals surface area contributed by atoms with Crippen LogP contribution in [0.25, 0.3) is 0 Å². The second-order valence-corrected chi connectivity index (χ2v) is 4.60. The molecule has 1 saturated heterocycles. The van der Waals surface area contributed by atoms with Gasteiger partial charge in [-0.2, -0.15) is 0 Å². The van der Waals surface area contributed by atoms with Crippen molar-refractivity contribution in [3.8, 4) is 0 Å². The van der Waals surface area contributed by atoms with Crippen LogP contribution < -0.4 is 29.6 Å². The monoisotopic (exact) mass is 220 g/mol. The topological polar surface area (TPSA) is 58.6 Å². The summed E-state index contributed by atoms with van der Waals surface area (Å²) in [5.41, 5.74) is 0. The second kappa shape index (κ2) is 5.87. The molecule has 12 heavy (non-hydrogen) atoms. The minimum absolute atomic E-state index is 0. The predicted octanol–water partition coefficient (Wildman–Crippen LogP) is -3.02. The van der Waals surface area contributed by atoms with Crippen molar-refractivity contribution < 1.29 is 47.2 Å². The number of rotatable bonds is 3. The molecule has 7 heteroatoms. The molecule has 0 radical (unpaired) electrons. The van der Waals surface area contributed by atoms with Crippen LogP contribution >= 0.6 is 0 Å². The fourth-order valence-corrected chi connectivity index (χ4v) is 1.42. The third kappa shape index (κ3) is 5.82. The van der Waals surface area contributed by atoms with Gasteiger partial charge in [0.25, 0.3) is 0 Å². The SMILES string of the molecule is O=S([O-])(=S)OCC1CCCO1.[Na+]. The summed E-state index contributed by atoms with van der Waals surface area (Å²) < 4.78 is 30.1. The molecule has 0 amide bonds. The van der Waals surface area contributed by atoms with E-state index in [-0.39, 0.29) is 42.3 Å². The Hall–Kier alpha value is 1.25. The normalized spacial score (nSPS) is 27.6. The van der Waals surface area contributed by atoms with Gasteiger partial charge in [-0.25, -0.2) is 4.21 Å². The molecule has 4 nitrogen and oxygen atoms in total. The van der Waals surface area contributed by atoms with Crippen LogP contribution in [0.3, 0.4) is 0 Å². The molecule has 1 heterocycles. The van der Waals surface area contributed by atoms with Crippen LogP contribution in [0.5, 0.6) is 0 Å². The van der Waals surface area contributed by atoms with Gasteiger partial charge in [0, 0.05) is 6.61 Å². The molecular formula is C5H9NaO4S2. The van der Waals surface area contributed by atoms with Gasteiger partial charge in [-0.15, -0.1) is 0 Å². The first-order valence-corrected chi connectivity index (χ1v) is 5.63. The Labute approximate surface area is 99.0 Å². The van der Waals surface area contributed by atoms with E-state index in [9.17, 15) is 8.76 Å². The summed E-state index contributed by atoms with van der Waals surface area (Å²) in [6.07, 6.45) is 1.73. The largest absolute Gasteiger partial charge is 1.00 e. The van der Waals surface area contributed by atoms with Crippen LogP contribution in [0.4, 0.5) is 0 Å². The van der Waals surface area contributed by atoms with Crippen LogP contribution in [-0.4, -0.2) is 28.1 Å². The van der Waals surface area contributed by atoms with E-state index in [1.54, 1.807) is 0 Å². The number of ether oxygens (including phenoxy) is 1. The van der Waals surface area contributed by atoms with Crippen molar-refractivity contribution in [2.45, 2.75) is 18.9 Å². The molecule has 1 fully saturated rings. The molecule has 2 atom stereocenters. The average Bonchev–Trinajstić information content (AvgIpc) is 2.32. The van der Waals surface area contributed by atoms with Crippen molar-refractivity contribution in [2.75, 3.05) is 13.2 Å². The van der Waals surface area contributed by atoms with Crippen molar-refractivity contribution >= 4 is 20.2 Å². The van der Waals surface area contributed by atoms with E-state index < -0.39 is 9.05 Å². The minimum atomic E-state index is -3.71. The molecule has 1 aliphatic heterocycles. The Morgan fingerprint density at radius 1 is 1.75 bits per heavy atom. The average molecular weight is 220 g/mol. The third-order valence-electron chi connectivity index (χ3n) is 1.42. The minimum Gasteiger partial charge on any atom is -0.748 e. The van der Waals surface area contributed by atoms with Gasteiger partial charge < -0.3 is 9.29 Å². The Kier molecular flexibility index (Phi) is 6.48. The van der Waals surface area contributed by atoms with Crippen LogP contribution in [0.15, 0.2) is 0 Å². The molecule has 0 aliphatic carbocycles. The maximum atomic E-state index is 10.3. The first kappa shape index (κ1) is 13.2. The molecule has 0 aromatic heterocycles. The van der Waals surface area contributed by atoms with E-state index >= 15 is 0 Å². The quantitative estimate of drug-likeness (QED) is 0.474. The van der Waals surface area contributed by atoms with Crippen molar-refractivity contribution in [1.82, 2.24) is 0 Å². The standard InChI is InChI=1S/C5H10O4S2.Na/c6-11(7,10)9-4-5-2-1-3-8-5;/h5H,1-4H2,(H,6,7,10);/q;+1/p-1. The molecule has 0 bridgehead atoms. The van der Waals surface area contributed by atoms with Crippen molar-refractivity contribution in [3.63, 3.8) is 0 Å². The summed E-state index contributed by atoms with van der Waals surface area (Å²) in [5.74, 6) is 0. The maximum absolute atomic E-state index is 10.3. The summed E-state index contributed by atoms with van der Waals surface area (Å²) in [6, 6.07) is 0. The fraction of sp³-hybridized carbons (Fsp3) is 1.00. The summed E-state index contributed by atoms with van der Waals surface area (Å²) in [7, 11) is -3.71. The smallest absolute Gasteiger partial charge is 0.748 e. The molecular weight excluding hydrogens is 211 g/mol. The van der Waals surface area contributed by atoms with E-state index in [0.29, 0.717) is 6.61 Å². The fourth-order valence-electron chi connectivity index (χ4n) is 0.935. The summed E-state index contributed by atoms with van der Waals surface area (Å²) >= 11 is 4.01. The van der Waals surface area contributed by atoms with E-state index in [1.165, 1.54) is 0 Å². The maximum Gasteiger partial charge on any atom is 1.00 e. The Morgan fingerprint density at radius 2 is 2.42 bits per heavy atom. The third-order valence-corrected chi connectivity index (χ3v) is 2.14. The molecule has 1 aliphatic rings. The van der Waals surface area contributed by atoms with Crippen molar-refractivity contribution in [3.05, 3.63) is 0 Å². The zero-order valence-corrected chi connectivity index (χ0v) is 10.5. The molecule has 0 aromatic carbocycles. The van der Waals surface area contributed by atoms with Crippen LogP contribution in [0.2, 0.25) is 0 Å². The van der Waals surface area contributed by atoms with Gasteiger partial charge in [0.05, 0.1) is 21.8 Å². The van der Waals surface area contributed by atoms with E-state index in [2.05, 4.69) is 15.4 Å². The second-order valence-electron chi connectivity index (χ2n) is 2.33. The summed E-state index contributed by atoms with van der Waals surface area (Å²) in [6.45, 7) is 0.747. The molecule has 2 unspecified atom stereocenters. The van der Waals surface area contributed by atoms with Crippen molar-refractivity contribution in [2.24, 2.45) is 0 Å². The molecule has 0 spiro atoms. The van der Waals surface area contributed by atoms with Crippen molar-refractivity contribution in [1.29, 1.82) is 0 Å².